The molecule has 32 heavy (non-hydrogen) atoms. The fraction of sp³-hybridized carbons (Fsp3) is 0. The molecule has 0 saturated heterocycles. The van der Waals surface area contributed by atoms with Crippen LogP contribution < -0.4 is 20.3 Å². The summed E-state index contributed by atoms with van der Waals surface area (Å²) in [6.07, 6.45) is 0. The van der Waals surface area contributed by atoms with Crippen molar-refractivity contribution in [3.8, 4) is 0 Å². The minimum absolute atomic E-state index is 0.0440. The van der Waals surface area contributed by atoms with Crippen molar-refractivity contribution in [1.82, 2.24) is 0 Å². The summed E-state index contributed by atoms with van der Waals surface area (Å²) in [6, 6.07) is 36.0. The number of nitro groups is 1. The fourth-order valence-corrected chi connectivity index (χ4v) is 5.62. The van der Waals surface area contributed by atoms with Gasteiger partial charge in [0, 0.05) is 12.1 Å². The second kappa shape index (κ2) is 9.81. The summed E-state index contributed by atoms with van der Waals surface area (Å²) in [5.74, 6) is 0. The summed E-state index contributed by atoms with van der Waals surface area (Å²) < 4.78 is 0. The van der Waals surface area contributed by atoms with Crippen LogP contribution in [0.5, 0.6) is 0 Å². The van der Waals surface area contributed by atoms with Gasteiger partial charge in [-0.3, -0.25) is 10.1 Å². The highest BCUT2D eigenvalue weighted by Gasteiger charge is 2.41. The van der Waals surface area contributed by atoms with Crippen molar-refractivity contribution < 1.29 is 4.92 Å². The van der Waals surface area contributed by atoms with Gasteiger partial charge in [-0.25, -0.2) is 20.3 Å². The Balaban J connectivity index is 1.75. The lowest BCUT2D eigenvalue weighted by molar-refractivity contribution is -0.384. The predicted molar refractivity (Wildman–Crippen MR) is 134 cm³/mol. The van der Waals surface area contributed by atoms with Crippen LogP contribution in [0.2, 0.25) is 0 Å². The molecule has 7 nitrogen and oxygen atoms in total. The first-order chi connectivity index (χ1) is 15.6. The minimum atomic E-state index is -2.59. The van der Waals surface area contributed by atoms with Gasteiger partial charge in [-0.05, 0) is 48.5 Å². The first kappa shape index (κ1) is 21.2. The number of nitro benzene ring substituents is 1. The Morgan fingerprint density at radius 3 is 1.12 bits per heavy atom. The number of nitrogens with one attached hydrogen (secondary N) is 4. The van der Waals surface area contributed by atoms with E-state index in [1.807, 2.05) is 91.0 Å². The van der Waals surface area contributed by atoms with Gasteiger partial charge in [0.15, 0.2) is 0 Å². The molecule has 0 unspecified atom stereocenters. The molecule has 4 aromatic carbocycles. The zero-order valence-corrected chi connectivity index (χ0v) is 18.1. The summed E-state index contributed by atoms with van der Waals surface area (Å²) in [7, 11) is -2.59. The number of hydrogen-bond acceptors (Lipinski definition) is 6. The Bertz CT molecular complexity index is 1040. The topological polar surface area (TPSA) is 91.3 Å². The Morgan fingerprint density at radius 1 is 0.500 bits per heavy atom. The molecule has 0 spiro atoms. The predicted octanol–water partition coefficient (Wildman–Crippen LogP) is 7.02. The summed E-state index contributed by atoms with van der Waals surface area (Å²) in [4.78, 5) is 10.7. The van der Waals surface area contributed by atoms with E-state index in [1.165, 1.54) is 12.1 Å². The first-order valence-corrected chi connectivity index (χ1v) is 11.8. The molecule has 0 amide bonds. The molecule has 0 aliphatic rings. The summed E-state index contributed by atoms with van der Waals surface area (Å²) in [6.45, 7) is 0. The Hall–Kier alpha value is -4.09. The Kier molecular flexibility index (Phi) is 6.49. The lowest BCUT2D eigenvalue weighted by Gasteiger charge is -2.29. The molecule has 8 heteroatoms. The van der Waals surface area contributed by atoms with Gasteiger partial charge in [0.25, 0.3) is 5.69 Å². The van der Waals surface area contributed by atoms with E-state index < -0.39 is 12.8 Å². The SMILES string of the molecule is O=[N+]([O-])c1ccc(N[P+](Nc2ccccc2)(Nc2ccccc2)Nc2ccccc2)cc1. The second-order valence-corrected chi connectivity index (χ2v) is 9.26. The molecule has 0 saturated carbocycles. The van der Waals surface area contributed by atoms with Crippen molar-refractivity contribution in [2.75, 3.05) is 20.3 Å². The third-order valence-corrected chi connectivity index (χ3v) is 6.96. The number of hydrogen-bond donors (Lipinski definition) is 4. The molecule has 160 valence electrons. The fourth-order valence-electron chi connectivity index (χ4n) is 3.14. The van der Waals surface area contributed by atoms with Crippen LogP contribution in [0, 0.1) is 10.1 Å². The number of para-hydroxylation sites is 3. The van der Waals surface area contributed by atoms with Gasteiger partial charge in [-0.2, -0.15) is 0 Å². The van der Waals surface area contributed by atoms with E-state index in [0.29, 0.717) is 0 Å². The van der Waals surface area contributed by atoms with Crippen LogP contribution in [0.3, 0.4) is 0 Å². The number of rotatable bonds is 9. The van der Waals surface area contributed by atoms with E-state index in [1.54, 1.807) is 12.1 Å². The van der Waals surface area contributed by atoms with E-state index in [2.05, 4.69) is 20.3 Å². The number of non-ortho nitro benzene ring substituents is 1. The van der Waals surface area contributed by atoms with Crippen molar-refractivity contribution in [3.05, 3.63) is 125 Å². The maximum Gasteiger partial charge on any atom is 0.395 e. The van der Waals surface area contributed by atoms with Crippen LogP contribution in [0.25, 0.3) is 0 Å². The Morgan fingerprint density at radius 2 is 0.812 bits per heavy atom. The molecule has 0 bridgehead atoms. The summed E-state index contributed by atoms with van der Waals surface area (Å²) in [5, 5.41) is 25.5. The zero-order valence-electron chi connectivity index (χ0n) is 17.2. The molecule has 0 fully saturated rings. The highest BCUT2D eigenvalue weighted by atomic mass is 31.2. The van der Waals surface area contributed by atoms with Crippen LogP contribution in [-0.2, 0) is 0 Å². The quantitative estimate of drug-likeness (QED) is 0.126. The van der Waals surface area contributed by atoms with Crippen molar-refractivity contribution in [1.29, 1.82) is 0 Å². The third-order valence-electron chi connectivity index (χ3n) is 4.59. The van der Waals surface area contributed by atoms with Gasteiger partial charge in [-0.15, -0.1) is 0 Å². The molecule has 0 aliphatic heterocycles. The van der Waals surface area contributed by atoms with E-state index in [9.17, 15) is 10.1 Å². The van der Waals surface area contributed by atoms with Crippen LogP contribution in [0.4, 0.5) is 28.4 Å². The first-order valence-electron chi connectivity index (χ1n) is 10.0. The number of benzene rings is 4. The zero-order chi connectivity index (χ0) is 22.2. The minimum Gasteiger partial charge on any atom is -0.258 e. The highest BCUT2D eigenvalue weighted by Crippen LogP contribution is 2.56. The lowest BCUT2D eigenvalue weighted by atomic mass is 10.3. The van der Waals surface area contributed by atoms with Gasteiger partial charge in [0.2, 0.25) is 0 Å². The molecule has 0 aliphatic carbocycles. The van der Waals surface area contributed by atoms with Crippen LogP contribution >= 0.6 is 7.87 Å². The second-order valence-electron chi connectivity index (χ2n) is 7.02. The molecular weight excluding hydrogens is 421 g/mol. The molecule has 0 aromatic heterocycles. The number of anilines is 4. The lowest BCUT2D eigenvalue weighted by Crippen LogP contribution is -2.27. The summed E-state index contributed by atoms with van der Waals surface area (Å²) >= 11 is 0. The van der Waals surface area contributed by atoms with Crippen molar-refractivity contribution in [2.45, 2.75) is 0 Å². The van der Waals surface area contributed by atoms with Crippen LogP contribution in [-0.4, -0.2) is 4.92 Å². The van der Waals surface area contributed by atoms with Gasteiger partial charge in [0.05, 0.1) is 27.7 Å². The van der Waals surface area contributed by atoms with Crippen molar-refractivity contribution in [3.63, 3.8) is 0 Å². The van der Waals surface area contributed by atoms with Gasteiger partial charge >= 0.3 is 7.87 Å². The standard InChI is InChI=1S/C24H23N5O2P/c30-29(31)24-18-16-23(17-19-24)28-32(25-20-10-4-1-5-11-20,26-21-12-6-2-7-13-21)27-22-14-8-3-9-15-22/h1-19,25-28H/q+1. The maximum absolute atomic E-state index is 11.1. The number of nitrogens with zero attached hydrogens (tertiary/aromatic N) is 1. The van der Waals surface area contributed by atoms with E-state index in [4.69, 9.17) is 0 Å². The average molecular weight is 444 g/mol. The van der Waals surface area contributed by atoms with Crippen LogP contribution in [0.1, 0.15) is 0 Å². The monoisotopic (exact) mass is 444 g/mol. The maximum atomic E-state index is 11.1. The van der Waals surface area contributed by atoms with Gasteiger partial charge in [-0.1, -0.05) is 54.6 Å². The highest BCUT2D eigenvalue weighted by molar-refractivity contribution is 7.81. The molecule has 0 atom stereocenters. The Labute approximate surface area is 187 Å². The van der Waals surface area contributed by atoms with E-state index in [-0.39, 0.29) is 5.69 Å². The molecule has 0 heterocycles. The van der Waals surface area contributed by atoms with E-state index >= 15 is 0 Å². The molecule has 4 N–H and O–H groups in total. The van der Waals surface area contributed by atoms with Crippen LogP contribution in [0.15, 0.2) is 115 Å². The molecule has 4 aromatic rings. The average Bonchev–Trinajstić information content (AvgIpc) is 2.81. The van der Waals surface area contributed by atoms with E-state index in [0.717, 1.165) is 22.7 Å². The van der Waals surface area contributed by atoms with Gasteiger partial charge in [0.1, 0.15) is 0 Å². The molecule has 4 rings (SSSR count). The third kappa shape index (κ3) is 5.53. The van der Waals surface area contributed by atoms with Crippen molar-refractivity contribution >= 4 is 36.3 Å². The van der Waals surface area contributed by atoms with Gasteiger partial charge < -0.3 is 0 Å². The molecule has 0 radical (unpaired) electrons. The largest absolute Gasteiger partial charge is 0.395 e. The summed E-state index contributed by atoms with van der Waals surface area (Å²) in [5.41, 5.74) is 3.54. The smallest absolute Gasteiger partial charge is 0.258 e. The van der Waals surface area contributed by atoms with Crippen molar-refractivity contribution in [2.24, 2.45) is 0 Å². The molecular formula is C24H23N5O2P+. The normalized spacial score (nSPS) is 10.8.